The largest absolute Gasteiger partial charge is 0.463 e. The van der Waals surface area contributed by atoms with Crippen LogP contribution in [0.5, 0.6) is 0 Å². The van der Waals surface area contributed by atoms with Crippen LogP contribution in [-0.4, -0.2) is 68.2 Å². The van der Waals surface area contributed by atoms with E-state index in [4.69, 9.17) is 30.5 Å². The Bertz CT molecular complexity index is 1420. The summed E-state index contributed by atoms with van der Waals surface area (Å²) in [4.78, 5) is 50.9. The van der Waals surface area contributed by atoms with Crippen molar-refractivity contribution in [2.75, 3.05) is 6.61 Å². The van der Waals surface area contributed by atoms with Crippen LogP contribution < -0.4 is 4.87 Å². The third-order valence-corrected chi connectivity index (χ3v) is 7.89. The topological polar surface area (TPSA) is 152 Å². The van der Waals surface area contributed by atoms with Crippen LogP contribution in [-0.2, 0) is 33.3 Å². The van der Waals surface area contributed by atoms with Gasteiger partial charge in [0.2, 0.25) is 0 Å². The Hall–Kier alpha value is -3.20. The summed E-state index contributed by atoms with van der Waals surface area (Å²) < 4.78 is 24.3. The van der Waals surface area contributed by atoms with E-state index in [9.17, 15) is 19.2 Å². The first kappa shape index (κ1) is 28.8. The minimum Gasteiger partial charge on any atom is -0.463 e. The van der Waals surface area contributed by atoms with Crippen molar-refractivity contribution in [3.63, 3.8) is 0 Å². The SMILES string of the molecule is CC(=O)OC[C@H]1O[C@H](Sc2ccc(C)c(Cl)c2)[C@H](OC(C)=O)[C@@H](n2cc(-c3csc(=O)[nH]3)nn2)[C@H]1OC(C)=O. The van der Waals surface area contributed by atoms with Crippen LogP contribution in [0.4, 0.5) is 0 Å². The maximum Gasteiger partial charge on any atom is 0.304 e. The average molecular weight is 597 g/mol. The lowest BCUT2D eigenvalue weighted by molar-refractivity contribution is -0.212. The number of aryl methyl sites for hydroxylation is 1. The van der Waals surface area contributed by atoms with Crippen molar-refractivity contribution in [1.82, 2.24) is 20.0 Å². The Labute approximate surface area is 235 Å². The number of hydrogen-bond acceptors (Lipinski definition) is 12. The summed E-state index contributed by atoms with van der Waals surface area (Å²) in [6.45, 7) is 5.33. The first-order valence-corrected chi connectivity index (χ1v) is 13.8. The Balaban J connectivity index is 1.80. The second kappa shape index (κ2) is 12.3. The van der Waals surface area contributed by atoms with E-state index in [0.29, 0.717) is 16.4 Å². The van der Waals surface area contributed by atoms with Crippen LogP contribution in [0.25, 0.3) is 11.4 Å². The number of aromatic amines is 1. The average Bonchev–Trinajstić information content (AvgIpc) is 3.50. The molecule has 1 saturated heterocycles. The van der Waals surface area contributed by atoms with Gasteiger partial charge in [-0.3, -0.25) is 19.2 Å². The van der Waals surface area contributed by atoms with Gasteiger partial charge in [0.05, 0.1) is 11.9 Å². The van der Waals surface area contributed by atoms with E-state index in [1.165, 1.54) is 43.4 Å². The summed E-state index contributed by atoms with van der Waals surface area (Å²) >= 11 is 8.53. The van der Waals surface area contributed by atoms with Crippen molar-refractivity contribution in [3.8, 4) is 11.4 Å². The molecule has 4 rings (SSSR count). The number of hydrogen-bond donors (Lipinski definition) is 1. The van der Waals surface area contributed by atoms with E-state index in [1.807, 2.05) is 19.1 Å². The zero-order valence-corrected chi connectivity index (χ0v) is 23.7. The van der Waals surface area contributed by atoms with Crippen LogP contribution in [0.3, 0.4) is 0 Å². The number of ether oxygens (including phenoxy) is 4. The smallest absolute Gasteiger partial charge is 0.304 e. The van der Waals surface area contributed by atoms with E-state index < -0.39 is 47.7 Å². The number of H-pyrrole nitrogens is 1. The van der Waals surface area contributed by atoms with Crippen molar-refractivity contribution in [1.29, 1.82) is 0 Å². The molecule has 1 aliphatic heterocycles. The van der Waals surface area contributed by atoms with E-state index >= 15 is 0 Å². The number of rotatable bonds is 8. The molecule has 0 bridgehead atoms. The summed E-state index contributed by atoms with van der Waals surface area (Å²) in [7, 11) is 0. The molecule has 0 amide bonds. The zero-order valence-electron chi connectivity index (χ0n) is 21.3. The highest BCUT2D eigenvalue weighted by Gasteiger charge is 2.52. The number of carbonyl (C=O) groups excluding carboxylic acids is 3. The highest BCUT2D eigenvalue weighted by atomic mass is 35.5. The molecule has 2 aromatic heterocycles. The van der Waals surface area contributed by atoms with Gasteiger partial charge < -0.3 is 23.9 Å². The third kappa shape index (κ3) is 7.06. The molecule has 1 aromatic carbocycles. The fourth-order valence-corrected chi connectivity index (χ4v) is 5.98. The highest BCUT2D eigenvalue weighted by Crippen LogP contribution is 2.42. The summed E-state index contributed by atoms with van der Waals surface area (Å²) in [6, 6.07) is 4.49. The van der Waals surface area contributed by atoms with E-state index in [1.54, 1.807) is 11.4 Å². The van der Waals surface area contributed by atoms with Gasteiger partial charge in [-0.25, -0.2) is 4.68 Å². The van der Waals surface area contributed by atoms with E-state index in [-0.39, 0.29) is 11.5 Å². The van der Waals surface area contributed by atoms with Crippen molar-refractivity contribution in [3.05, 3.63) is 50.0 Å². The molecule has 1 N–H and O–H groups in total. The van der Waals surface area contributed by atoms with E-state index in [0.717, 1.165) is 21.8 Å². The molecule has 3 heterocycles. The molecule has 0 unspecified atom stereocenters. The standard InChI is InChI=1S/C24H25ClN4O8S2/c1-11-5-6-15(7-16(11)25)39-23-22(36-14(4)32)20(21(35-13(3)31)19(37-23)9-34-12(2)30)29-8-17(27-28-29)18-10-38-24(33)26-18/h5-8,10,19-23H,9H2,1-4H3,(H,26,33)/t19-,20+,21+,22-,23-/m1/s1. The molecule has 3 aromatic rings. The second-order valence-electron chi connectivity index (χ2n) is 8.66. The molecule has 0 spiro atoms. The predicted molar refractivity (Wildman–Crippen MR) is 141 cm³/mol. The van der Waals surface area contributed by atoms with Gasteiger partial charge in [-0.15, -0.1) is 5.10 Å². The highest BCUT2D eigenvalue weighted by molar-refractivity contribution is 7.99. The van der Waals surface area contributed by atoms with Crippen LogP contribution in [0.1, 0.15) is 32.4 Å². The van der Waals surface area contributed by atoms with Crippen LogP contribution in [0.15, 0.2) is 39.5 Å². The lowest BCUT2D eigenvalue weighted by Crippen LogP contribution is -2.57. The lowest BCUT2D eigenvalue weighted by Gasteiger charge is -2.44. The normalized spacial score (nSPS) is 22.7. The monoisotopic (exact) mass is 596 g/mol. The molecule has 208 valence electrons. The third-order valence-electron chi connectivity index (χ3n) is 5.68. The lowest BCUT2D eigenvalue weighted by atomic mass is 9.96. The van der Waals surface area contributed by atoms with Crippen molar-refractivity contribution in [2.45, 2.75) is 62.4 Å². The first-order chi connectivity index (χ1) is 18.5. The van der Waals surface area contributed by atoms with Gasteiger partial charge in [0.1, 0.15) is 29.9 Å². The molecule has 0 saturated carbocycles. The molecule has 12 nitrogen and oxygen atoms in total. The molecule has 0 radical (unpaired) electrons. The number of halogens is 1. The molecule has 5 atom stereocenters. The van der Waals surface area contributed by atoms with Gasteiger partial charge in [-0.1, -0.05) is 46.0 Å². The number of nitrogens with zero attached hydrogens (tertiary/aromatic N) is 3. The van der Waals surface area contributed by atoms with Gasteiger partial charge in [0.25, 0.3) is 0 Å². The molecule has 15 heteroatoms. The number of carbonyl (C=O) groups is 3. The Morgan fingerprint density at radius 3 is 2.49 bits per heavy atom. The number of thioether (sulfide) groups is 1. The number of thiazole rings is 1. The Morgan fingerprint density at radius 1 is 1.15 bits per heavy atom. The molecular formula is C24H25ClN4O8S2. The van der Waals surface area contributed by atoms with Crippen LogP contribution in [0.2, 0.25) is 5.02 Å². The van der Waals surface area contributed by atoms with Crippen molar-refractivity contribution < 1.29 is 33.3 Å². The molecule has 1 fully saturated rings. The maximum absolute atomic E-state index is 12.3. The van der Waals surface area contributed by atoms with Crippen LogP contribution in [0, 0.1) is 6.92 Å². The zero-order chi connectivity index (χ0) is 28.3. The molecule has 0 aliphatic carbocycles. The number of benzene rings is 1. The fraction of sp³-hybridized carbons (Fsp3) is 0.417. The van der Waals surface area contributed by atoms with Gasteiger partial charge in [-0.2, -0.15) is 0 Å². The van der Waals surface area contributed by atoms with Crippen molar-refractivity contribution >= 4 is 52.6 Å². The Kier molecular flexibility index (Phi) is 9.10. The summed E-state index contributed by atoms with van der Waals surface area (Å²) in [5, 5.41) is 10.5. The van der Waals surface area contributed by atoms with Crippen molar-refractivity contribution in [2.24, 2.45) is 0 Å². The van der Waals surface area contributed by atoms with Gasteiger partial charge in [-0.05, 0) is 24.6 Å². The first-order valence-electron chi connectivity index (χ1n) is 11.7. The molecule has 39 heavy (non-hydrogen) atoms. The summed E-state index contributed by atoms with van der Waals surface area (Å²) in [5.74, 6) is -1.80. The number of nitrogens with one attached hydrogen (secondary N) is 1. The molecule has 1 aliphatic rings. The van der Waals surface area contributed by atoms with Gasteiger partial charge in [0, 0.05) is 36.1 Å². The second-order valence-corrected chi connectivity index (χ2v) is 11.1. The quantitative estimate of drug-likeness (QED) is 0.301. The van der Waals surface area contributed by atoms with E-state index in [2.05, 4.69) is 15.3 Å². The van der Waals surface area contributed by atoms with Gasteiger partial charge >= 0.3 is 22.8 Å². The minimum atomic E-state index is -1.10. The molecular weight excluding hydrogens is 572 g/mol. The maximum atomic E-state index is 12.3. The Morgan fingerprint density at radius 2 is 1.87 bits per heavy atom. The number of aromatic nitrogens is 4. The predicted octanol–water partition coefficient (Wildman–Crippen LogP) is 3.14. The fourth-order valence-electron chi connectivity index (χ4n) is 4.01. The van der Waals surface area contributed by atoms with Crippen LogP contribution >= 0.6 is 34.7 Å². The summed E-state index contributed by atoms with van der Waals surface area (Å²) in [5.41, 5.74) is 0.796. The summed E-state index contributed by atoms with van der Waals surface area (Å²) in [6.07, 6.45) is -1.56. The minimum absolute atomic E-state index is 0.248. The van der Waals surface area contributed by atoms with Gasteiger partial charge in [0.15, 0.2) is 12.2 Å². The number of esters is 3.